The molecule has 2 radical (unpaired) electrons. The van der Waals surface area contributed by atoms with E-state index < -0.39 is 0 Å². The monoisotopic (exact) mass is 642 g/mol. The third-order valence-electron chi connectivity index (χ3n) is 7.48. The molecule has 0 amide bonds. The molecule has 6 aromatic rings. The molecule has 0 unspecified atom stereocenters. The Hall–Kier alpha value is -2.80. The third kappa shape index (κ3) is 8.18. The first-order valence-electron chi connectivity index (χ1n) is 14.7. The Bertz CT molecular complexity index is 1680. The van der Waals surface area contributed by atoms with Crippen LogP contribution < -0.4 is 0 Å². The van der Waals surface area contributed by atoms with Crippen molar-refractivity contribution in [2.24, 2.45) is 0 Å². The maximum atomic E-state index is 2.34. The van der Waals surface area contributed by atoms with Crippen molar-refractivity contribution in [2.45, 2.75) is 66.0 Å². The fraction of sp³-hybridized carbons (Fsp3) is 0.250. The quantitative estimate of drug-likeness (QED) is 0.133. The van der Waals surface area contributed by atoms with Gasteiger partial charge in [0, 0.05) is 9.52 Å². The second-order valence-electron chi connectivity index (χ2n) is 12.3. The molecule has 0 aromatic heterocycles. The second-order valence-corrected chi connectivity index (χ2v) is 13.3. The summed E-state index contributed by atoms with van der Waals surface area (Å²) in [5.74, 6) is 0.584. The molecule has 0 nitrogen and oxygen atoms in total. The van der Waals surface area contributed by atoms with E-state index in [0.29, 0.717) is 5.92 Å². The minimum atomic E-state index is 0. The van der Waals surface area contributed by atoms with Crippen molar-refractivity contribution >= 4 is 31.1 Å². The first kappa shape index (κ1) is 33.7. The van der Waals surface area contributed by atoms with Crippen LogP contribution in [-0.4, -0.2) is 9.52 Å². The SMILES string of the molecule is CC(C)c1cc2c(-c3ccccc3)cccc2[cH-]1.C[Si]C.Cc1cc2c(-c3ccc(C(C)(C)C)cc3)cccc2[cH-]1.[Zr+2]. The molecule has 0 spiro atoms. The molecule has 42 heavy (non-hydrogen) atoms. The van der Waals surface area contributed by atoms with E-state index in [1.807, 2.05) is 0 Å². The molecule has 2 heteroatoms. The average molecular weight is 644 g/mol. The zero-order chi connectivity index (χ0) is 29.6. The van der Waals surface area contributed by atoms with Gasteiger partial charge in [0.25, 0.3) is 0 Å². The number of benzene rings is 4. The Kier molecular flexibility index (Phi) is 12.1. The summed E-state index contributed by atoms with van der Waals surface area (Å²) in [5, 5.41) is 5.40. The van der Waals surface area contributed by atoms with Crippen molar-refractivity contribution in [1.82, 2.24) is 0 Å². The van der Waals surface area contributed by atoms with E-state index in [2.05, 4.69) is 170 Å². The van der Waals surface area contributed by atoms with Crippen molar-refractivity contribution in [2.75, 3.05) is 0 Å². The maximum absolute atomic E-state index is 2.34. The van der Waals surface area contributed by atoms with Gasteiger partial charge < -0.3 is 0 Å². The molecule has 0 aliphatic carbocycles. The van der Waals surface area contributed by atoms with Crippen LogP contribution in [0, 0.1) is 6.92 Å². The third-order valence-corrected chi connectivity index (χ3v) is 7.48. The summed E-state index contributed by atoms with van der Waals surface area (Å²) in [6.07, 6.45) is 0. The summed E-state index contributed by atoms with van der Waals surface area (Å²) >= 11 is 0. The summed E-state index contributed by atoms with van der Waals surface area (Å²) in [4.78, 5) is 0. The molecule has 212 valence electrons. The molecule has 0 aliphatic heterocycles. The minimum Gasteiger partial charge on any atom is -0.165 e. The van der Waals surface area contributed by atoms with Gasteiger partial charge in [-0.25, -0.2) is 0 Å². The van der Waals surface area contributed by atoms with Crippen LogP contribution in [0.25, 0.3) is 43.8 Å². The van der Waals surface area contributed by atoms with Gasteiger partial charge in [-0.3, -0.25) is 0 Å². The fourth-order valence-corrected chi connectivity index (χ4v) is 5.25. The molecule has 0 heterocycles. The van der Waals surface area contributed by atoms with E-state index in [1.54, 1.807) is 0 Å². The second kappa shape index (κ2) is 15.1. The van der Waals surface area contributed by atoms with Crippen LogP contribution in [-0.2, 0) is 31.6 Å². The summed E-state index contributed by atoms with van der Waals surface area (Å²) < 4.78 is 0. The Morgan fingerprint density at radius 1 is 0.619 bits per heavy atom. The summed E-state index contributed by atoms with van der Waals surface area (Å²) in [6, 6.07) is 41.9. The first-order valence-corrected chi connectivity index (χ1v) is 16.7. The molecule has 0 N–H and O–H groups in total. The number of rotatable bonds is 3. The number of fused-ring (bicyclic) bond motifs is 2. The minimum absolute atomic E-state index is 0. The van der Waals surface area contributed by atoms with Gasteiger partial charge in [-0.2, -0.15) is 12.1 Å². The molecular formula is C40H44SiZr. The van der Waals surface area contributed by atoms with Gasteiger partial charge in [-0.1, -0.05) is 132 Å². The van der Waals surface area contributed by atoms with Crippen molar-refractivity contribution in [3.63, 3.8) is 0 Å². The maximum Gasteiger partial charge on any atom is 2.00 e. The number of hydrogen-bond acceptors (Lipinski definition) is 0. The van der Waals surface area contributed by atoms with E-state index in [-0.39, 0.29) is 31.6 Å². The van der Waals surface area contributed by atoms with Crippen LogP contribution in [0.5, 0.6) is 0 Å². The molecule has 0 aliphatic rings. The summed E-state index contributed by atoms with van der Waals surface area (Å²) in [7, 11) is 1.08. The number of hydrogen-bond donors (Lipinski definition) is 0. The van der Waals surface area contributed by atoms with Crippen molar-refractivity contribution in [1.29, 1.82) is 0 Å². The Morgan fingerprint density at radius 2 is 1.12 bits per heavy atom. The number of aryl methyl sites for hydroxylation is 1. The van der Waals surface area contributed by atoms with Gasteiger partial charge in [0.05, 0.1) is 0 Å². The topological polar surface area (TPSA) is 0 Å². The van der Waals surface area contributed by atoms with Gasteiger partial charge in [-0.05, 0) is 28.0 Å². The Morgan fingerprint density at radius 3 is 1.64 bits per heavy atom. The molecule has 6 aromatic carbocycles. The molecule has 0 atom stereocenters. The van der Waals surface area contributed by atoms with E-state index in [1.165, 1.54) is 60.5 Å². The van der Waals surface area contributed by atoms with Crippen molar-refractivity contribution < 1.29 is 26.2 Å². The van der Waals surface area contributed by atoms with Crippen LogP contribution in [0.15, 0.2) is 115 Å². The predicted molar refractivity (Wildman–Crippen MR) is 185 cm³/mol. The normalized spacial score (nSPS) is 11.0. The van der Waals surface area contributed by atoms with Crippen LogP contribution in [0.2, 0.25) is 13.1 Å². The fourth-order valence-electron chi connectivity index (χ4n) is 5.25. The van der Waals surface area contributed by atoms with E-state index in [9.17, 15) is 0 Å². The Labute approximate surface area is 275 Å². The standard InChI is InChI=1S/C20H21.C18H17.C2H6Si.Zr/c1-14-12-16-6-5-7-18(19(16)13-14)15-8-10-17(11-9-15)20(2,3)4;1-13(2)16-11-15-9-6-10-17(18(15)12-16)14-7-4-3-5-8-14;1-3-2;/h5-13H,1-4H3;3-13H,1-2H3;1-2H3;/q2*-1;;+2. The Balaban J connectivity index is 0.000000207. The van der Waals surface area contributed by atoms with Gasteiger partial charge in [0.2, 0.25) is 0 Å². The zero-order valence-electron chi connectivity index (χ0n) is 26.5. The van der Waals surface area contributed by atoms with Gasteiger partial charge in [0.1, 0.15) is 0 Å². The first-order chi connectivity index (χ1) is 19.6. The van der Waals surface area contributed by atoms with Gasteiger partial charge in [0.15, 0.2) is 0 Å². The molecule has 0 bridgehead atoms. The van der Waals surface area contributed by atoms with Gasteiger partial charge >= 0.3 is 26.2 Å². The molecular weight excluding hydrogens is 600 g/mol. The smallest absolute Gasteiger partial charge is 0.165 e. The van der Waals surface area contributed by atoms with Crippen LogP contribution >= 0.6 is 0 Å². The van der Waals surface area contributed by atoms with E-state index >= 15 is 0 Å². The molecule has 0 fully saturated rings. The zero-order valence-corrected chi connectivity index (χ0v) is 30.0. The van der Waals surface area contributed by atoms with Crippen molar-refractivity contribution in [3.05, 3.63) is 132 Å². The van der Waals surface area contributed by atoms with Crippen LogP contribution in [0.1, 0.15) is 57.2 Å². The predicted octanol–water partition coefficient (Wildman–Crippen LogP) is 12.0. The van der Waals surface area contributed by atoms with E-state index in [4.69, 9.17) is 0 Å². The molecule has 0 saturated carbocycles. The van der Waals surface area contributed by atoms with Gasteiger partial charge in [-0.15, -0.1) is 69.1 Å². The van der Waals surface area contributed by atoms with Crippen LogP contribution in [0.3, 0.4) is 0 Å². The van der Waals surface area contributed by atoms with E-state index in [0.717, 1.165) is 9.52 Å². The molecule has 6 rings (SSSR count). The van der Waals surface area contributed by atoms with Crippen LogP contribution in [0.4, 0.5) is 0 Å². The summed E-state index contributed by atoms with van der Waals surface area (Å²) in [6.45, 7) is 17.7. The average Bonchev–Trinajstić information content (AvgIpc) is 3.57. The summed E-state index contributed by atoms with van der Waals surface area (Å²) in [5.41, 5.74) is 9.61. The van der Waals surface area contributed by atoms with Crippen molar-refractivity contribution in [3.8, 4) is 22.3 Å². The molecule has 0 saturated heterocycles. The largest absolute Gasteiger partial charge is 2.00 e.